The number of carboxylic acids is 1. The van der Waals surface area contributed by atoms with Crippen LogP contribution in [0.4, 0.5) is 0 Å². The van der Waals surface area contributed by atoms with Gasteiger partial charge in [0.25, 0.3) is 0 Å². The Balaban J connectivity index is 2.08. The van der Waals surface area contributed by atoms with Gasteiger partial charge in [-0.2, -0.15) is 0 Å². The summed E-state index contributed by atoms with van der Waals surface area (Å²) < 4.78 is 0. The van der Waals surface area contributed by atoms with Crippen molar-refractivity contribution in [3.05, 3.63) is 0 Å². The lowest BCUT2D eigenvalue weighted by Crippen LogP contribution is -2.56. The van der Waals surface area contributed by atoms with E-state index in [9.17, 15) is 19.5 Å². The van der Waals surface area contributed by atoms with Crippen LogP contribution >= 0.6 is 0 Å². The van der Waals surface area contributed by atoms with E-state index in [1.165, 1.54) is 4.90 Å². The van der Waals surface area contributed by atoms with E-state index < -0.39 is 17.4 Å². The van der Waals surface area contributed by atoms with Gasteiger partial charge in [-0.25, -0.2) is 0 Å². The van der Waals surface area contributed by atoms with Gasteiger partial charge in [0.1, 0.15) is 6.04 Å². The summed E-state index contributed by atoms with van der Waals surface area (Å²) in [6.45, 7) is 2.58. The van der Waals surface area contributed by atoms with E-state index in [0.29, 0.717) is 25.9 Å². The van der Waals surface area contributed by atoms with Gasteiger partial charge >= 0.3 is 5.97 Å². The number of hydrogen-bond acceptors (Lipinski definition) is 3. The number of carboxylic acid groups (broad SMARTS) is 1. The summed E-state index contributed by atoms with van der Waals surface area (Å²) in [5, 5.41) is 12.2. The molecule has 6 nitrogen and oxygen atoms in total. The molecule has 20 heavy (non-hydrogen) atoms. The van der Waals surface area contributed by atoms with Crippen LogP contribution in [0, 0.1) is 5.41 Å². The molecule has 2 aliphatic rings. The van der Waals surface area contributed by atoms with Crippen LogP contribution in [0.3, 0.4) is 0 Å². The highest BCUT2D eigenvalue weighted by Crippen LogP contribution is 2.40. The summed E-state index contributed by atoms with van der Waals surface area (Å²) in [6, 6.07) is -0.509. The fourth-order valence-electron chi connectivity index (χ4n) is 3.21. The first kappa shape index (κ1) is 14.8. The standard InChI is InChI=1S/C14H22N2O4/c1-10-12(18)15-7-8-16(10)11(17)9-14(13(19)20)5-3-2-4-6-14/h10H,2-9H2,1H3,(H,15,18)(H,19,20). The number of rotatable bonds is 3. The number of nitrogens with zero attached hydrogens (tertiary/aromatic N) is 1. The van der Waals surface area contributed by atoms with Crippen molar-refractivity contribution in [2.45, 2.75) is 51.5 Å². The predicted octanol–water partition coefficient (Wildman–Crippen LogP) is 0.758. The Morgan fingerprint density at radius 2 is 2.00 bits per heavy atom. The molecular formula is C14H22N2O4. The van der Waals surface area contributed by atoms with E-state index in [2.05, 4.69) is 5.32 Å². The molecule has 112 valence electrons. The molecule has 0 aromatic rings. The van der Waals surface area contributed by atoms with Crippen molar-refractivity contribution in [1.29, 1.82) is 0 Å². The molecule has 2 fully saturated rings. The summed E-state index contributed by atoms with van der Waals surface area (Å²) in [5.41, 5.74) is -0.928. The second kappa shape index (κ2) is 5.81. The van der Waals surface area contributed by atoms with Gasteiger partial charge in [0, 0.05) is 19.5 Å². The molecule has 0 bridgehead atoms. The Kier molecular flexibility index (Phi) is 4.30. The molecule has 2 rings (SSSR count). The molecule has 0 aromatic carbocycles. The summed E-state index contributed by atoms with van der Waals surface area (Å²) in [5.74, 6) is -1.26. The molecular weight excluding hydrogens is 260 g/mol. The Morgan fingerprint density at radius 3 is 2.60 bits per heavy atom. The zero-order valence-electron chi connectivity index (χ0n) is 11.9. The fourth-order valence-corrected chi connectivity index (χ4v) is 3.21. The Labute approximate surface area is 118 Å². The lowest BCUT2D eigenvalue weighted by molar-refractivity contribution is -0.157. The third kappa shape index (κ3) is 2.78. The van der Waals surface area contributed by atoms with E-state index >= 15 is 0 Å². The summed E-state index contributed by atoms with van der Waals surface area (Å²) in [7, 11) is 0. The first-order valence-corrected chi connectivity index (χ1v) is 7.27. The maximum absolute atomic E-state index is 12.4. The number of amides is 2. The van der Waals surface area contributed by atoms with E-state index in [1.54, 1.807) is 6.92 Å². The largest absolute Gasteiger partial charge is 0.481 e. The number of hydrogen-bond donors (Lipinski definition) is 2. The molecule has 1 saturated heterocycles. The highest BCUT2D eigenvalue weighted by molar-refractivity contribution is 5.90. The number of nitrogens with one attached hydrogen (secondary N) is 1. The van der Waals surface area contributed by atoms with Crippen LogP contribution in [0.15, 0.2) is 0 Å². The minimum Gasteiger partial charge on any atom is -0.481 e. The Hall–Kier alpha value is -1.59. The zero-order valence-corrected chi connectivity index (χ0v) is 11.9. The highest BCUT2D eigenvalue weighted by atomic mass is 16.4. The molecule has 1 aliphatic carbocycles. The number of aliphatic carboxylic acids is 1. The number of carbonyl (C=O) groups is 3. The molecule has 2 amide bonds. The molecule has 0 aromatic heterocycles. The fraction of sp³-hybridized carbons (Fsp3) is 0.786. The first-order chi connectivity index (χ1) is 9.46. The molecule has 1 atom stereocenters. The van der Waals surface area contributed by atoms with Crippen LogP contribution < -0.4 is 5.32 Å². The van der Waals surface area contributed by atoms with Crippen molar-refractivity contribution >= 4 is 17.8 Å². The van der Waals surface area contributed by atoms with Crippen molar-refractivity contribution in [3.63, 3.8) is 0 Å². The molecule has 0 radical (unpaired) electrons. The van der Waals surface area contributed by atoms with Gasteiger partial charge in [-0.3, -0.25) is 14.4 Å². The van der Waals surface area contributed by atoms with Crippen molar-refractivity contribution in [2.75, 3.05) is 13.1 Å². The summed E-state index contributed by atoms with van der Waals surface area (Å²) in [6.07, 6.45) is 3.88. The predicted molar refractivity (Wildman–Crippen MR) is 72.0 cm³/mol. The average Bonchev–Trinajstić information content (AvgIpc) is 2.42. The lowest BCUT2D eigenvalue weighted by atomic mass is 9.71. The monoisotopic (exact) mass is 282 g/mol. The minimum absolute atomic E-state index is 0.0138. The maximum Gasteiger partial charge on any atom is 0.310 e. The van der Waals surface area contributed by atoms with E-state index in [4.69, 9.17) is 0 Å². The summed E-state index contributed by atoms with van der Waals surface area (Å²) >= 11 is 0. The summed E-state index contributed by atoms with van der Waals surface area (Å²) in [4.78, 5) is 37.1. The maximum atomic E-state index is 12.4. The normalized spacial score (nSPS) is 25.9. The average molecular weight is 282 g/mol. The zero-order chi connectivity index (χ0) is 14.8. The number of carbonyl (C=O) groups excluding carboxylic acids is 2. The minimum atomic E-state index is -0.928. The van der Waals surface area contributed by atoms with Crippen LogP contribution in [-0.2, 0) is 14.4 Å². The second-order valence-corrected chi connectivity index (χ2v) is 5.88. The van der Waals surface area contributed by atoms with Crippen LogP contribution in [0.2, 0.25) is 0 Å². The van der Waals surface area contributed by atoms with Crippen LogP contribution in [0.25, 0.3) is 0 Å². The lowest BCUT2D eigenvalue weighted by Gasteiger charge is -2.37. The molecule has 1 heterocycles. The van der Waals surface area contributed by atoms with Crippen LogP contribution in [0.1, 0.15) is 45.4 Å². The van der Waals surface area contributed by atoms with Gasteiger partial charge in [-0.15, -0.1) is 0 Å². The van der Waals surface area contributed by atoms with Gasteiger partial charge < -0.3 is 15.3 Å². The van der Waals surface area contributed by atoms with Crippen molar-refractivity contribution in [1.82, 2.24) is 10.2 Å². The second-order valence-electron chi connectivity index (χ2n) is 5.88. The Bertz CT molecular complexity index is 415. The SMILES string of the molecule is CC1C(=O)NCCN1C(=O)CC1(C(=O)O)CCCCC1. The first-order valence-electron chi connectivity index (χ1n) is 7.27. The third-order valence-corrected chi connectivity index (χ3v) is 4.57. The van der Waals surface area contributed by atoms with Crippen molar-refractivity contribution in [2.24, 2.45) is 5.41 Å². The number of piperazine rings is 1. The van der Waals surface area contributed by atoms with Crippen LogP contribution in [0.5, 0.6) is 0 Å². The van der Waals surface area contributed by atoms with Gasteiger partial charge in [0.15, 0.2) is 0 Å². The molecule has 6 heteroatoms. The third-order valence-electron chi connectivity index (χ3n) is 4.57. The van der Waals surface area contributed by atoms with Crippen molar-refractivity contribution in [3.8, 4) is 0 Å². The molecule has 1 saturated carbocycles. The van der Waals surface area contributed by atoms with Gasteiger partial charge in [-0.1, -0.05) is 19.3 Å². The quantitative estimate of drug-likeness (QED) is 0.800. The van der Waals surface area contributed by atoms with Crippen molar-refractivity contribution < 1.29 is 19.5 Å². The topological polar surface area (TPSA) is 86.7 Å². The van der Waals surface area contributed by atoms with Crippen LogP contribution in [-0.4, -0.2) is 46.9 Å². The molecule has 0 spiro atoms. The van der Waals surface area contributed by atoms with E-state index in [-0.39, 0.29) is 18.2 Å². The highest BCUT2D eigenvalue weighted by Gasteiger charge is 2.43. The van der Waals surface area contributed by atoms with E-state index in [1.807, 2.05) is 0 Å². The van der Waals surface area contributed by atoms with Gasteiger partial charge in [0.2, 0.25) is 11.8 Å². The molecule has 1 unspecified atom stereocenters. The Morgan fingerprint density at radius 1 is 1.35 bits per heavy atom. The van der Waals surface area contributed by atoms with Gasteiger partial charge in [-0.05, 0) is 19.8 Å². The van der Waals surface area contributed by atoms with E-state index in [0.717, 1.165) is 19.3 Å². The molecule has 2 N–H and O–H groups in total. The molecule has 1 aliphatic heterocycles. The smallest absolute Gasteiger partial charge is 0.310 e. The van der Waals surface area contributed by atoms with Gasteiger partial charge in [0.05, 0.1) is 5.41 Å².